The number of phenols is 2. The van der Waals surface area contributed by atoms with Crippen LogP contribution in [0.1, 0.15) is 0 Å². The number of hydrogen-bond acceptors (Lipinski definition) is 12. The van der Waals surface area contributed by atoms with Gasteiger partial charge in [-0.15, -0.1) is 0 Å². The Hall–Kier alpha value is -3.40. The number of aromatic hydroxyl groups is 2. The lowest BCUT2D eigenvalue weighted by Gasteiger charge is -2.34. The molecule has 1 fully saturated rings. The molecule has 13 nitrogen and oxygen atoms in total. The molecule has 0 bridgehead atoms. The highest BCUT2D eigenvalue weighted by molar-refractivity contribution is 7.81. The smallest absolute Gasteiger partial charge is 0.446 e. The molecular formula is C20H18O13S. The summed E-state index contributed by atoms with van der Waals surface area (Å²) in [4.78, 5) is 13.0. The molecule has 34 heavy (non-hydrogen) atoms. The maximum Gasteiger partial charge on any atom is 0.446 e. The Labute approximate surface area is 190 Å². The first-order valence-electron chi connectivity index (χ1n) is 9.57. The molecule has 0 unspecified atom stereocenters. The molecule has 4 atom stereocenters. The first-order valence-corrected chi connectivity index (χ1v) is 10.9. The van der Waals surface area contributed by atoms with Gasteiger partial charge in [-0.25, -0.2) is 0 Å². The molecule has 1 saturated heterocycles. The van der Waals surface area contributed by atoms with Crippen molar-refractivity contribution in [1.82, 2.24) is 0 Å². The molecule has 14 heteroatoms. The Kier molecular flexibility index (Phi) is 6.11. The fourth-order valence-electron chi connectivity index (χ4n) is 3.33. The zero-order chi connectivity index (χ0) is 24.8. The molecule has 0 radical (unpaired) electrons. The van der Waals surface area contributed by atoms with Crippen molar-refractivity contribution in [2.45, 2.75) is 24.6 Å². The molecule has 1 aromatic heterocycles. The lowest BCUT2D eigenvalue weighted by Crippen LogP contribution is -2.54. The summed E-state index contributed by atoms with van der Waals surface area (Å²) in [6.07, 6.45) is -5.99. The third-order valence-corrected chi connectivity index (χ3v) is 5.31. The number of hydrogen-bond donors (Lipinski definition) is 6. The van der Waals surface area contributed by atoms with Gasteiger partial charge >= 0.3 is 10.4 Å². The van der Waals surface area contributed by atoms with E-state index in [1.165, 1.54) is 24.3 Å². The van der Waals surface area contributed by atoms with Gasteiger partial charge in [0.1, 0.15) is 46.5 Å². The van der Waals surface area contributed by atoms with Gasteiger partial charge in [0.2, 0.25) is 17.5 Å². The first kappa shape index (κ1) is 23.7. The van der Waals surface area contributed by atoms with E-state index in [4.69, 9.17) is 18.4 Å². The Bertz CT molecular complexity index is 1380. The zero-order valence-corrected chi connectivity index (χ0v) is 17.7. The lowest BCUT2D eigenvalue weighted by atomic mass is 10.1. The minimum Gasteiger partial charge on any atom is -0.508 e. The van der Waals surface area contributed by atoms with Crippen molar-refractivity contribution in [2.75, 3.05) is 6.61 Å². The molecule has 0 spiro atoms. The highest BCUT2D eigenvalue weighted by Crippen LogP contribution is 2.37. The van der Waals surface area contributed by atoms with Crippen molar-refractivity contribution in [2.24, 2.45) is 0 Å². The maximum absolute atomic E-state index is 13.0. The van der Waals surface area contributed by atoms with Crippen molar-refractivity contribution in [3.8, 4) is 34.3 Å². The fraction of sp³-hybridized carbons (Fsp3) is 0.250. The third kappa shape index (κ3) is 4.63. The van der Waals surface area contributed by atoms with Crippen LogP contribution < -0.4 is 14.3 Å². The second-order valence-corrected chi connectivity index (χ2v) is 8.35. The van der Waals surface area contributed by atoms with E-state index in [2.05, 4.69) is 4.18 Å². The van der Waals surface area contributed by atoms with Crippen LogP contribution in [0.4, 0.5) is 0 Å². The molecule has 0 saturated carbocycles. The van der Waals surface area contributed by atoms with E-state index in [-0.39, 0.29) is 29.3 Å². The second-order valence-electron chi connectivity index (χ2n) is 7.33. The SMILES string of the molecule is O=c1c(OS(=O)(=O)O)c(-c2ccc(O)cc2)oc2cc(O[C@H]3OC[C@@H](O)[C@@H](O)[C@H]3O)cc(O)c12. The summed E-state index contributed by atoms with van der Waals surface area (Å²) in [5.74, 6) is -2.46. The van der Waals surface area contributed by atoms with Crippen LogP contribution in [-0.4, -0.2) is 69.7 Å². The van der Waals surface area contributed by atoms with Crippen LogP contribution in [-0.2, 0) is 15.1 Å². The lowest BCUT2D eigenvalue weighted by molar-refractivity contribution is -0.242. The van der Waals surface area contributed by atoms with Gasteiger partial charge in [0.25, 0.3) is 0 Å². The summed E-state index contributed by atoms with van der Waals surface area (Å²) in [7, 11) is -5.17. The number of aliphatic hydroxyl groups is 3. The summed E-state index contributed by atoms with van der Waals surface area (Å²) in [5, 5.41) is 48.8. The van der Waals surface area contributed by atoms with E-state index in [1.807, 2.05) is 0 Å². The van der Waals surface area contributed by atoms with Gasteiger partial charge in [-0.2, -0.15) is 8.42 Å². The van der Waals surface area contributed by atoms with Crippen molar-refractivity contribution in [1.29, 1.82) is 0 Å². The van der Waals surface area contributed by atoms with Gasteiger partial charge in [-0.1, -0.05) is 0 Å². The van der Waals surface area contributed by atoms with Crippen LogP contribution in [0.25, 0.3) is 22.3 Å². The monoisotopic (exact) mass is 498 g/mol. The summed E-state index contributed by atoms with van der Waals surface area (Å²) in [6, 6.07) is 7.03. The van der Waals surface area contributed by atoms with E-state index in [1.54, 1.807) is 0 Å². The standard InChI is InChI=1S/C20H18O13S/c21-9-3-1-8(2-4-9)18-19(33-34(27,28)29)16(25)14-11(22)5-10(6-13(14)32-18)31-20-17(26)15(24)12(23)7-30-20/h1-6,12,15,17,20-24,26H,7H2,(H,27,28,29)/t12-,15-,17-,20-/m1/s1. The summed E-state index contributed by atoms with van der Waals surface area (Å²) < 4.78 is 52.3. The van der Waals surface area contributed by atoms with Crippen molar-refractivity contribution < 1.29 is 56.6 Å². The molecule has 3 aromatic rings. The zero-order valence-electron chi connectivity index (χ0n) is 16.9. The van der Waals surface area contributed by atoms with Gasteiger partial charge in [0.05, 0.1) is 6.61 Å². The van der Waals surface area contributed by atoms with Gasteiger partial charge in [0, 0.05) is 17.7 Å². The minimum atomic E-state index is -5.17. The molecule has 1 aliphatic heterocycles. The Morgan fingerprint density at radius 2 is 1.68 bits per heavy atom. The predicted molar refractivity (Wildman–Crippen MR) is 112 cm³/mol. The largest absolute Gasteiger partial charge is 0.508 e. The number of benzene rings is 2. The van der Waals surface area contributed by atoms with Gasteiger partial charge < -0.3 is 43.6 Å². The third-order valence-electron chi connectivity index (χ3n) is 4.93. The van der Waals surface area contributed by atoms with Gasteiger partial charge in [-0.3, -0.25) is 9.35 Å². The van der Waals surface area contributed by atoms with Crippen molar-refractivity contribution >= 4 is 21.4 Å². The van der Waals surface area contributed by atoms with Crippen LogP contribution in [0.2, 0.25) is 0 Å². The highest BCUT2D eigenvalue weighted by atomic mass is 32.3. The predicted octanol–water partition coefficient (Wildman–Crippen LogP) is -0.129. The normalized spacial score (nSPS) is 23.1. The quantitative estimate of drug-likeness (QED) is 0.253. The van der Waals surface area contributed by atoms with E-state index in [9.17, 15) is 38.7 Å². The molecule has 2 aromatic carbocycles. The van der Waals surface area contributed by atoms with Crippen molar-refractivity contribution in [3.63, 3.8) is 0 Å². The Balaban J connectivity index is 1.84. The first-order chi connectivity index (χ1) is 15.9. The average molecular weight is 498 g/mol. The van der Waals surface area contributed by atoms with Gasteiger partial charge in [0.15, 0.2) is 5.76 Å². The Morgan fingerprint density at radius 3 is 2.32 bits per heavy atom. The molecule has 0 amide bonds. The molecular weight excluding hydrogens is 480 g/mol. The van der Waals surface area contributed by atoms with Crippen molar-refractivity contribution in [3.05, 3.63) is 46.6 Å². The molecule has 1 aliphatic rings. The number of phenolic OH excluding ortho intramolecular Hbond substituents is 2. The van der Waals surface area contributed by atoms with Crippen LogP contribution in [0.3, 0.4) is 0 Å². The topological polar surface area (TPSA) is 213 Å². The molecule has 2 heterocycles. The van der Waals surface area contributed by atoms with E-state index in [0.29, 0.717) is 0 Å². The number of aliphatic hydroxyl groups excluding tert-OH is 3. The van der Waals surface area contributed by atoms with Crippen LogP contribution in [0.15, 0.2) is 45.6 Å². The number of ether oxygens (including phenoxy) is 2. The number of fused-ring (bicyclic) bond motifs is 1. The summed E-state index contributed by atoms with van der Waals surface area (Å²) in [5.41, 5.74) is -1.39. The maximum atomic E-state index is 13.0. The molecule has 6 N–H and O–H groups in total. The van der Waals surface area contributed by atoms with Gasteiger partial charge in [-0.05, 0) is 24.3 Å². The number of rotatable bonds is 5. The van der Waals surface area contributed by atoms with Crippen LogP contribution in [0, 0.1) is 0 Å². The van der Waals surface area contributed by atoms with E-state index < -0.39 is 63.1 Å². The summed E-state index contributed by atoms with van der Waals surface area (Å²) >= 11 is 0. The van der Waals surface area contributed by atoms with E-state index in [0.717, 1.165) is 12.1 Å². The van der Waals surface area contributed by atoms with Crippen LogP contribution in [0.5, 0.6) is 23.0 Å². The fourth-order valence-corrected chi connectivity index (χ4v) is 3.69. The minimum absolute atomic E-state index is 0.0735. The molecule has 4 rings (SSSR count). The van der Waals surface area contributed by atoms with Crippen LogP contribution >= 0.6 is 0 Å². The molecule has 0 aliphatic carbocycles. The molecule has 182 valence electrons. The highest BCUT2D eigenvalue weighted by Gasteiger charge is 2.39. The second kappa shape index (κ2) is 8.75. The Morgan fingerprint density at radius 1 is 1.00 bits per heavy atom. The summed E-state index contributed by atoms with van der Waals surface area (Å²) in [6.45, 7) is -0.348. The van der Waals surface area contributed by atoms with E-state index >= 15 is 0 Å². The average Bonchev–Trinajstić information content (AvgIpc) is 2.75.